The van der Waals surface area contributed by atoms with Gasteiger partial charge in [-0.1, -0.05) is 43.5 Å². The summed E-state index contributed by atoms with van der Waals surface area (Å²) in [6.07, 6.45) is 6.10. The minimum absolute atomic E-state index is 0.196. The van der Waals surface area contributed by atoms with Gasteiger partial charge in [0, 0.05) is 59.8 Å². The van der Waals surface area contributed by atoms with Gasteiger partial charge >= 0.3 is 5.97 Å². The number of carboxylic acids is 1. The number of carbonyl (C=O) groups is 2. The molecule has 1 saturated heterocycles. The molecule has 1 N–H and O–H groups in total. The Morgan fingerprint density at radius 1 is 0.944 bits per heavy atom. The molecule has 1 aromatic heterocycles. The molecule has 1 aliphatic carbocycles. The predicted octanol–water partition coefficient (Wildman–Crippen LogP) is 5.45. The number of rotatable bonds is 4. The maximum Gasteiger partial charge on any atom is 0.335 e. The first-order valence-electron chi connectivity index (χ1n) is 13.2. The van der Waals surface area contributed by atoms with Gasteiger partial charge in [0.15, 0.2) is 0 Å². The number of amides is 1. The second-order valence-corrected chi connectivity index (χ2v) is 11.4. The number of nitrogens with zero attached hydrogens (tertiary/aromatic N) is 3. The third-order valence-corrected chi connectivity index (χ3v) is 9.09. The van der Waals surface area contributed by atoms with Gasteiger partial charge in [0.1, 0.15) is 0 Å². The van der Waals surface area contributed by atoms with Crippen molar-refractivity contribution in [2.24, 2.45) is 0 Å². The van der Waals surface area contributed by atoms with E-state index in [1.54, 1.807) is 6.07 Å². The Balaban J connectivity index is 1.48. The number of fused-ring (bicyclic) bond motifs is 5. The summed E-state index contributed by atoms with van der Waals surface area (Å²) >= 11 is 1.91. The Bertz CT molecular complexity index is 1300. The molecule has 7 heteroatoms. The lowest BCUT2D eigenvalue weighted by molar-refractivity contribution is -0.129. The fraction of sp³-hybridized carbons (Fsp3) is 0.448. The molecule has 0 bridgehead atoms. The van der Waals surface area contributed by atoms with Gasteiger partial charge in [-0.3, -0.25) is 4.79 Å². The second kappa shape index (κ2) is 9.85. The molecule has 0 spiro atoms. The van der Waals surface area contributed by atoms with E-state index in [-0.39, 0.29) is 5.91 Å². The van der Waals surface area contributed by atoms with Crippen LogP contribution in [0.3, 0.4) is 0 Å². The average molecular weight is 504 g/mol. The molecule has 0 radical (unpaired) electrons. The van der Waals surface area contributed by atoms with Gasteiger partial charge in [-0.25, -0.2) is 4.79 Å². The molecule has 6 rings (SSSR count). The van der Waals surface area contributed by atoms with Crippen LogP contribution < -0.4 is 4.90 Å². The summed E-state index contributed by atoms with van der Waals surface area (Å²) in [6, 6.07) is 14.1. The van der Waals surface area contributed by atoms with Crippen LogP contribution in [0, 0.1) is 0 Å². The van der Waals surface area contributed by atoms with Crippen LogP contribution in [0.5, 0.6) is 0 Å². The molecule has 1 saturated carbocycles. The van der Waals surface area contributed by atoms with E-state index in [9.17, 15) is 14.7 Å². The zero-order valence-corrected chi connectivity index (χ0v) is 21.4. The zero-order chi connectivity index (χ0) is 24.6. The molecular formula is C29H33N3O3S. The van der Waals surface area contributed by atoms with Gasteiger partial charge in [-0.05, 0) is 42.5 Å². The Labute approximate surface area is 216 Å². The SMILES string of the molecule is O=C(O)c1ccc2c(C3CCCCC3)c3n(c2c1)CCN(CC(=O)N1CCSCC1)c1ccccc1-3. The minimum Gasteiger partial charge on any atom is -0.478 e. The van der Waals surface area contributed by atoms with E-state index in [2.05, 4.69) is 33.7 Å². The number of benzene rings is 2. The highest BCUT2D eigenvalue weighted by Gasteiger charge is 2.31. The second-order valence-electron chi connectivity index (χ2n) is 10.2. The molecule has 0 atom stereocenters. The van der Waals surface area contributed by atoms with Gasteiger partial charge in [-0.2, -0.15) is 11.8 Å². The first-order valence-corrected chi connectivity index (χ1v) is 14.4. The lowest BCUT2D eigenvalue weighted by Gasteiger charge is -2.31. The van der Waals surface area contributed by atoms with Gasteiger partial charge in [0.05, 0.1) is 17.8 Å². The summed E-state index contributed by atoms with van der Waals surface area (Å²) in [6.45, 7) is 3.47. The van der Waals surface area contributed by atoms with E-state index in [1.165, 1.54) is 48.7 Å². The van der Waals surface area contributed by atoms with Crippen molar-refractivity contribution < 1.29 is 14.7 Å². The van der Waals surface area contributed by atoms with Crippen LogP contribution in [0.25, 0.3) is 22.2 Å². The predicted molar refractivity (Wildman–Crippen MR) is 146 cm³/mol. The summed E-state index contributed by atoms with van der Waals surface area (Å²) in [4.78, 5) is 29.3. The molecule has 0 unspecified atom stereocenters. The number of aromatic nitrogens is 1. The summed E-state index contributed by atoms with van der Waals surface area (Å²) in [5.74, 6) is 1.79. The highest BCUT2D eigenvalue weighted by molar-refractivity contribution is 7.99. The van der Waals surface area contributed by atoms with Crippen molar-refractivity contribution in [3.63, 3.8) is 0 Å². The Hall–Kier alpha value is -2.93. The number of hydrogen-bond donors (Lipinski definition) is 1. The van der Waals surface area contributed by atoms with Gasteiger partial charge in [0.25, 0.3) is 0 Å². The maximum atomic E-state index is 13.2. The molecule has 3 aliphatic rings. The summed E-state index contributed by atoms with van der Waals surface area (Å²) in [5, 5.41) is 10.9. The molecule has 3 aromatic rings. The van der Waals surface area contributed by atoms with Crippen molar-refractivity contribution >= 4 is 40.2 Å². The van der Waals surface area contributed by atoms with Crippen LogP contribution in [-0.2, 0) is 11.3 Å². The number of carboxylic acid groups (broad SMARTS) is 1. The number of thioether (sulfide) groups is 1. The third kappa shape index (κ3) is 4.17. The van der Waals surface area contributed by atoms with Crippen LogP contribution in [0.2, 0.25) is 0 Å². The highest BCUT2D eigenvalue weighted by atomic mass is 32.2. The van der Waals surface area contributed by atoms with E-state index in [4.69, 9.17) is 0 Å². The molecule has 2 fully saturated rings. The smallest absolute Gasteiger partial charge is 0.335 e. The van der Waals surface area contributed by atoms with Gasteiger partial charge < -0.3 is 19.5 Å². The molecule has 188 valence electrons. The van der Waals surface area contributed by atoms with E-state index >= 15 is 0 Å². The number of carbonyl (C=O) groups excluding carboxylic acids is 1. The van der Waals surface area contributed by atoms with Crippen LogP contribution in [0.15, 0.2) is 42.5 Å². The number of anilines is 1. The normalized spacial score (nSPS) is 18.6. The van der Waals surface area contributed by atoms with E-state index < -0.39 is 5.97 Å². The van der Waals surface area contributed by atoms with Crippen LogP contribution in [-0.4, -0.2) is 64.1 Å². The lowest BCUT2D eigenvalue weighted by Crippen LogP contribution is -2.44. The molecule has 3 heterocycles. The van der Waals surface area contributed by atoms with Crippen molar-refractivity contribution in [2.45, 2.75) is 44.6 Å². The average Bonchev–Trinajstić information content (AvgIpc) is 3.16. The van der Waals surface area contributed by atoms with Crippen LogP contribution >= 0.6 is 11.8 Å². The molecule has 2 aliphatic heterocycles. The van der Waals surface area contributed by atoms with E-state index in [0.29, 0.717) is 24.6 Å². The van der Waals surface area contributed by atoms with Crippen molar-refractivity contribution in [3.05, 3.63) is 53.6 Å². The fourth-order valence-electron chi connectivity index (χ4n) is 6.37. The van der Waals surface area contributed by atoms with Crippen molar-refractivity contribution in [3.8, 4) is 11.3 Å². The Kier molecular flexibility index (Phi) is 6.42. The molecule has 2 aromatic carbocycles. The molecule has 1 amide bonds. The quantitative estimate of drug-likeness (QED) is 0.513. The lowest BCUT2D eigenvalue weighted by atomic mass is 9.81. The number of aromatic carboxylic acids is 1. The fourth-order valence-corrected chi connectivity index (χ4v) is 7.27. The number of para-hydroxylation sites is 1. The van der Waals surface area contributed by atoms with Crippen molar-refractivity contribution in [1.29, 1.82) is 0 Å². The maximum absolute atomic E-state index is 13.2. The summed E-state index contributed by atoms with van der Waals surface area (Å²) < 4.78 is 2.34. The highest BCUT2D eigenvalue weighted by Crippen LogP contribution is 2.47. The molecular weight excluding hydrogens is 470 g/mol. The first kappa shape index (κ1) is 23.5. The standard InChI is InChI=1S/C29H33N3O3S/c33-26(30-14-16-36-17-15-30)19-31-12-13-32-25-18-21(29(34)35)10-11-22(25)27(20-6-2-1-3-7-20)28(32)23-8-4-5-9-24(23)31/h4-5,8-11,18,20H,1-3,6-7,12-17,19H2,(H,34,35). The molecule has 6 nitrogen and oxygen atoms in total. The van der Waals surface area contributed by atoms with Crippen molar-refractivity contribution in [2.75, 3.05) is 42.6 Å². The van der Waals surface area contributed by atoms with E-state index in [1.807, 2.05) is 28.8 Å². The third-order valence-electron chi connectivity index (χ3n) is 8.15. The van der Waals surface area contributed by atoms with Crippen molar-refractivity contribution in [1.82, 2.24) is 9.47 Å². The number of hydrogen-bond acceptors (Lipinski definition) is 4. The van der Waals surface area contributed by atoms with Gasteiger partial charge in [0.2, 0.25) is 5.91 Å². The molecule has 36 heavy (non-hydrogen) atoms. The monoisotopic (exact) mass is 503 g/mol. The Morgan fingerprint density at radius 3 is 2.50 bits per heavy atom. The van der Waals surface area contributed by atoms with Crippen LogP contribution in [0.1, 0.15) is 53.9 Å². The summed E-state index contributed by atoms with van der Waals surface area (Å²) in [5.41, 5.74) is 6.18. The minimum atomic E-state index is -0.896. The first-order chi connectivity index (χ1) is 17.6. The Morgan fingerprint density at radius 2 is 1.72 bits per heavy atom. The zero-order valence-electron chi connectivity index (χ0n) is 20.6. The van der Waals surface area contributed by atoms with Gasteiger partial charge in [-0.15, -0.1) is 0 Å². The summed E-state index contributed by atoms with van der Waals surface area (Å²) in [7, 11) is 0. The largest absolute Gasteiger partial charge is 0.478 e. The van der Waals surface area contributed by atoms with Crippen LogP contribution in [0.4, 0.5) is 5.69 Å². The van der Waals surface area contributed by atoms with E-state index in [0.717, 1.165) is 47.9 Å². The topological polar surface area (TPSA) is 65.8 Å².